The van der Waals surface area contributed by atoms with E-state index in [-0.39, 0.29) is 5.91 Å². The van der Waals surface area contributed by atoms with Crippen LogP contribution in [0.25, 0.3) is 10.6 Å². The van der Waals surface area contributed by atoms with Crippen LogP contribution in [0, 0.1) is 0 Å². The summed E-state index contributed by atoms with van der Waals surface area (Å²) in [6, 6.07) is 10.1. The summed E-state index contributed by atoms with van der Waals surface area (Å²) in [4.78, 5) is 13.9. The summed E-state index contributed by atoms with van der Waals surface area (Å²) in [6.07, 6.45) is 2.49. The van der Waals surface area contributed by atoms with E-state index in [9.17, 15) is 4.79 Å². The highest BCUT2D eigenvalue weighted by molar-refractivity contribution is 7.13. The van der Waals surface area contributed by atoms with Gasteiger partial charge in [-0.25, -0.2) is 0 Å². The zero-order chi connectivity index (χ0) is 15.6. The fourth-order valence-electron chi connectivity index (χ4n) is 2.63. The first-order valence-electron chi connectivity index (χ1n) is 7.74. The molecule has 1 saturated carbocycles. The third-order valence-electron chi connectivity index (χ3n) is 3.93. The minimum absolute atomic E-state index is 0.00129. The summed E-state index contributed by atoms with van der Waals surface area (Å²) in [7, 11) is 0. The molecule has 0 aromatic carbocycles. The van der Waals surface area contributed by atoms with Gasteiger partial charge in [0.05, 0.1) is 16.3 Å². The number of nitrogens with one attached hydrogen (secondary N) is 1. The largest absolute Gasteiger partial charge is 0.349 e. The van der Waals surface area contributed by atoms with Gasteiger partial charge in [0, 0.05) is 18.2 Å². The molecule has 23 heavy (non-hydrogen) atoms. The molecule has 0 bridgehead atoms. The van der Waals surface area contributed by atoms with Crippen LogP contribution in [0.3, 0.4) is 0 Å². The monoisotopic (exact) mass is 343 g/mol. The van der Waals surface area contributed by atoms with Gasteiger partial charge in [-0.3, -0.25) is 9.48 Å². The van der Waals surface area contributed by atoms with E-state index >= 15 is 0 Å². The summed E-state index contributed by atoms with van der Waals surface area (Å²) in [6.45, 7) is 1.32. The summed E-state index contributed by atoms with van der Waals surface area (Å²) in [5, 5.41) is 11.7. The molecule has 3 heterocycles. The van der Waals surface area contributed by atoms with Crippen LogP contribution in [-0.2, 0) is 6.54 Å². The maximum atomic E-state index is 12.0. The summed E-state index contributed by atoms with van der Waals surface area (Å²) < 4.78 is 2.07. The van der Waals surface area contributed by atoms with Crippen molar-refractivity contribution in [2.75, 3.05) is 6.54 Å². The van der Waals surface area contributed by atoms with Crippen LogP contribution in [0.4, 0.5) is 0 Å². The van der Waals surface area contributed by atoms with Gasteiger partial charge in [0.15, 0.2) is 0 Å². The van der Waals surface area contributed by atoms with E-state index in [2.05, 4.69) is 33.6 Å². The molecule has 1 N–H and O–H groups in total. The van der Waals surface area contributed by atoms with Crippen molar-refractivity contribution in [2.45, 2.75) is 25.3 Å². The highest BCUT2D eigenvalue weighted by Gasteiger charge is 2.28. The van der Waals surface area contributed by atoms with Crippen LogP contribution in [0.5, 0.6) is 0 Å². The second-order valence-corrected chi connectivity index (χ2v) is 7.56. The molecule has 3 aromatic rings. The van der Waals surface area contributed by atoms with Crippen molar-refractivity contribution in [3.8, 4) is 10.6 Å². The molecular weight excluding hydrogens is 326 g/mol. The minimum atomic E-state index is -0.00129. The summed E-state index contributed by atoms with van der Waals surface area (Å²) in [5.41, 5.74) is 2.35. The molecule has 118 valence electrons. The smallest absolute Gasteiger partial charge is 0.261 e. The SMILES string of the molecule is O=C(NCCn1nc(-c2cccs2)cc1C1CC1)c1cccs1. The lowest BCUT2D eigenvalue weighted by Crippen LogP contribution is -2.27. The first-order valence-corrected chi connectivity index (χ1v) is 9.50. The van der Waals surface area contributed by atoms with E-state index in [1.807, 2.05) is 17.5 Å². The van der Waals surface area contributed by atoms with Crippen molar-refractivity contribution in [3.63, 3.8) is 0 Å². The van der Waals surface area contributed by atoms with Gasteiger partial charge < -0.3 is 5.32 Å². The van der Waals surface area contributed by atoms with Gasteiger partial charge in [0.25, 0.3) is 5.91 Å². The minimum Gasteiger partial charge on any atom is -0.349 e. The Morgan fingerprint density at radius 3 is 2.78 bits per heavy atom. The highest BCUT2D eigenvalue weighted by Crippen LogP contribution is 2.41. The molecule has 0 spiro atoms. The maximum absolute atomic E-state index is 12.0. The van der Waals surface area contributed by atoms with Gasteiger partial charge in [0.2, 0.25) is 0 Å². The molecule has 0 saturated heterocycles. The molecule has 1 aliphatic rings. The average molecular weight is 343 g/mol. The Labute approximate surface area is 142 Å². The van der Waals surface area contributed by atoms with E-state index in [1.165, 1.54) is 34.7 Å². The number of thiophene rings is 2. The Hall–Kier alpha value is -1.92. The number of aromatic nitrogens is 2. The zero-order valence-electron chi connectivity index (χ0n) is 12.6. The van der Waals surface area contributed by atoms with E-state index in [0.717, 1.165) is 10.6 Å². The molecule has 0 atom stereocenters. The maximum Gasteiger partial charge on any atom is 0.261 e. The zero-order valence-corrected chi connectivity index (χ0v) is 14.2. The lowest BCUT2D eigenvalue weighted by Gasteiger charge is -2.07. The first-order chi connectivity index (χ1) is 11.3. The highest BCUT2D eigenvalue weighted by atomic mass is 32.1. The Morgan fingerprint density at radius 2 is 2.09 bits per heavy atom. The van der Waals surface area contributed by atoms with Crippen LogP contribution in [0.1, 0.15) is 34.1 Å². The van der Waals surface area contributed by atoms with Gasteiger partial charge in [-0.2, -0.15) is 5.10 Å². The van der Waals surface area contributed by atoms with Crippen molar-refractivity contribution in [1.29, 1.82) is 0 Å². The second kappa shape index (κ2) is 6.29. The first kappa shape index (κ1) is 14.7. The Bertz CT molecular complexity index is 786. The summed E-state index contributed by atoms with van der Waals surface area (Å²) in [5.74, 6) is 0.641. The number of hydrogen-bond acceptors (Lipinski definition) is 4. The standard InChI is InChI=1S/C17H17N3OS2/c21-17(16-4-2-10-23-16)18-7-8-20-14(12-5-6-12)11-13(19-20)15-3-1-9-22-15/h1-4,9-12H,5-8H2,(H,18,21). The van der Waals surface area contributed by atoms with Crippen LogP contribution >= 0.6 is 22.7 Å². The number of nitrogens with zero attached hydrogens (tertiary/aromatic N) is 2. The molecule has 1 amide bonds. The van der Waals surface area contributed by atoms with Crippen LogP contribution in [0.2, 0.25) is 0 Å². The lowest BCUT2D eigenvalue weighted by atomic mass is 10.2. The average Bonchev–Trinajstić information content (AvgIpc) is 3.05. The molecule has 1 aliphatic carbocycles. The van der Waals surface area contributed by atoms with Crippen LogP contribution in [0.15, 0.2) is 41.1 Å². The predicted molar refractivity (Wildman–Crippen MR) is 94.2 cm³/mol. The van der Waals surface area contributed by atoms with Crippen molar-refractivity contribution >= 4 is 28.6 Å². The third-order valence-corrected chi connectivity index (χ3v) is 5.70. The van der Waals surface area contributed by atoms with Crippen molar-refractivity contribution < 1.29 is 4.79 Å². The second-order valence-electron chi connectivity index (χ2n) is 5.66. The number of hydrogen-bond donors (Lipinski definition) is 1. The van der Waals surface area contributed by atoms with E-state index < -0.39 is 0 Å². The number of carbonyl (C=O) groups is 1. The van der Waals surface area contributed by atoms with Crippen LogP contribution < -0.4 is 5.32 Å². The van der Waals surface area contributed by atoms with Crippen molar-refractivity contribution in [2.24, 2.45) is 0 Å². The molecule has 3 aromatic heterocycles. The number of amides is 1. The fraction of sp³-hybridized carbons (Fsp3) is 0.294. The van der Waals surface area contributed by atoms with E-state index in [0.29, 0.717) is 19.0 Å². The quantitative estimate of drug-likeness (QED) is 0.736. The van der Waals surface area contributed by atoms with Gasteiger partial charge >= 0.3 is 0 Å². The van der Waals surface area contributed by atoms with Crippen molar-refractivity contribution in [1.82, 2.24) is 15.1 Å². The number of rotatable bonds is 6. The Morgan fingerprint density at radius 1 is 1.26 bits per heavy atom. The fourth-order valence-corrected chi connectivity index (χ4v) is 3.95. The topological polar surface area (TPSA) is 46.9 Å². The number of carbonyl (C=O) groups excluding carboxylic acids is 1. The summed E-state index contributed by atoms with van der Waals surface area (Å²) >= 11 is 3.18. The van der Waals surface area contributed by atoms with Gasteiger partial charge in [-0.05, 0) is 41.8 Å². The van der Waals surface area contributed by atoms with E-state index in [1.54, 1.807) is 11.3 Å². The van der Waals surface area contributed by atoms with Gasteiger partial charge in [-0.1, -0.05) is 12.1 Å². The molecule has 0 aliphatic heterocycles. The normalized spacial score (nSPS) is 14.1. The third kappa shape index (κ3) is 3.23. The van der Waals surface area contributed by atoms with Gasteiger partial charge in [0.1, 0.15) is 5.69 Å². The molecule has 0 radical (unpaired) electrons. The lowest BCUT2D eigenvalue weighted by molar-refractivity contribution is 0.0956. The molecule has 1 fully saturated rings. The van der Waals surface area contributed by atoms with Crippen molar-refractivity contribution in [3.05, 3.63) is 51.7 Å². The molecule has 6 heteroatoms. The molecule has 4 nitrogen and oxygen atoms in total. The predicted octanol–water partition coefficient (Wildman–Crippen LogP) is 3.98. The molecule has 4 rings (SSSR count). The Kier molecular flexibility index (Phi) is 4.01. The van der Waals surface area contributed by atoms with Crippen LogP contribution in [-0.4, -0.2) is 22.2 Å². The van der Waals surface area contributed by atoms with Gasteiger partial charge in [-0.15, -0.1) is 22.7 Å². The molecular formula is C17H17N3OS2. The molecule has 0 unspecified atom stereocenters. The van der Waals surface area contributed by atoms with E-state index in [4.69, 9.17) is 5.10 Å². The Balaban J connectivity index is 1.44.